The number of anilines is 1. The van der Waals surface area contributed by atoms with Crippen LogP contribution >= 0.6 is 0 Å². The molecular weight excluding hydrogens is 547 g/mol. The molecule has 3 N–H and O–H groups in total. The number of fused-ring (bicyclic) bond motifs is 1. The molecule has 2 aromatic carbocycles. The van der Waals surface area contributed by atoms with Crippen molar-refractivity contribution in [1.82, 2.24) is 9.88 Å². The van der Waals surface area contributed by atoms with Gasteiger partial charge in [0.15, 0.2) is 0 Å². The van der Waals surface area contributed by atoms with Gasteiger partial charge in [0.2, 0.25) is 5.88 Å². The number of hydrogen-bond donors (Lipinski definition) is 3. The van der Waals surface area contributed by atoms with Crippen LogP contribution in [0, 0.1) is 12.3 Å². The Hall–Kier alpha value is -4.24. The summed E-state index contributed by atoms with van der Waals surface area (Å²) in [5, 5.41) is 19.7. The molecule has 1 aliphatic heterocycles. The van der Waals surface area contributed by atoms with Crippen LogP contribution in [0.4, 0.5) is 10.2 Å². The number of aliphatic carboxylic acids is 1. The number of aromatic nitrogens is 1. The average Bonchev–Trinajstić information content (AvgIpc) is 3.00. The summed E-state index contributed by atoms with van der Waals surface area (Å²) >= 11 is 0. The van der Waals surface area contributed by atoms with E-state index in [1.807, 2.05) is 37.3 Å². The zero-order valence-electron chi connectivity index (χ0n) is 25.0. The first-order valence-corrected chi connectivity index (χ1v) is 14.7. The molecule has 9 heteroatoms. The van der Waals surface area contributed by atoms with Crippen molar-refractivity contribution in [1.29, 1.82) is 5.41 Å². The number of ether oxygens (including phenoxy) is 2. The molecule has 2 heterocycles. The molecule has 0 atom stereocenters. The molecule has 0 radical (unpaired) electrons. The van der Waals surface area contributed by atoms with Crippen LogP contribution in [0.15, 0.2) is 66.1 Å². The summed E-state index contributed by atoms with van der Waals surface area (Å²) < 4.78 is 25.9. The van der Waals surface area contributed by atoms with Gasteiger partial charge in [-0.3, -0.25) is 4.90 Å². The Kier molecular flexibility index (Phi) is 9.11. The number of methoxy groups -OCH3 is 1. The van der Waals surface area contributed by atoms with Crippen LogP contribution in [0.2, 0.25) is 0 Å². The van der Waals surface area contributed by atoms with Gasteiger partial charge in [0, 0.05) is 30.9 Å². The maximum absolute atomic E-state index is 14.3. The number of carbonyl (C=O) groups is 1. The summed E-state index contributed by atoms with van der Waals surface area (Å²) in [5.41, 5.74) is 4.88. The highest BCUT2D eigenvalue weighted by molar-refractivity contribution is 6.08. The number of nitrogens with one attached hydrogen (secondary N) is 2. The van der Waals surface area contributed by atoms with Crippen molar-refractivity contribution in [3.8, 4) is 17.0 Å². The number of pyridine rings is 1. The van der Waals surface area contributed by atoms with Crippen LogP contribution in [0.25, 0.3) is 11.3 Å². The topological polar surface area (TPSA) is 108 Å². The molecule has 226 valence electrons. The lowest BCUT2D eigenvalue weighted by molar-refractivity contribution is -0.132. The first-order chi connectivity index (χ1) is 20.7. The zero-order chi connectivity index (χ0) is 30.6. The third-order valence-corrected chi connectivity index (χ3v) is 8.51. The molecule has 0 amide bonds. The van der Waals surface area contributed by atoms with E-state index in [0.717, 1.165) is 61.0 Å². The molecule has 0 spiro atoms. The summed E-state index contributed by atoms with van der Waals surface area (Å²) in [6.45, 7) is 6.04. The van der Waals surface area contributed by atoms with Crippen molar-refractivity contribution < 1.29 is 23.8 Å². The maximum atomic E-state index is 14.3. The molecule has 1 fully saturated rings. The Labute approximate surface area is 252 Å². The lowest BCUT2D eigenvalue weighted by Crippen LogP contribution is -2.43. The van der Waals surface area contributed by atoms with Gasteiger partial charge in [-0.2, -0.15) is 0 Å². The second-order valence-electron chi connectivity index (χ2n) is 11.6. The van der Waals surface area contributed by atoms with E-state index in [4.69, 9.17) is 14.9 Å². The maximum Gasteiger partial charge on any atom is 0.342 e. The van der Waals surface area contributed by atoms with Gasteiger partial charge in [0.25, 0.3) is 0 Å². The number of aryl methyl sites for hydroxylation is 1. The molecule has 43 heavy (non-hydrogen) atoms. The molecule has 0 saturated heterocycles. The van der Waals surface area contributed by atoms with Gasteiger partial charge in [-0.15, -0.1) is 0 Å². The normalized spacial score (nSPS) is 20.9. The highest BCUT2D eigenvalue weighted by Crippen LogP contribution is 2.36. The van der Waals surface area contributed by atoms with Gasteiger partial charge in [0.1, 0.15) is 29.4 Å². The van der Waals surface area contributed by atoms with Gasteiger partial charge in [-0.1, -0.05) is 36.4 Å². The molecule has 1 aliphatic carbocycles. The molecule has 0 bridgehead atoms. The largest absolute Gasteiger partial charge is 0.488 e. The highest BCUT2D eigenvalue weighted by atomic mass is 19.1. The fraction of sp³-hybridized carbons (Fsp3) is 0.382. The Morgan fingerprint density at radius 1 is 1.19 bits per heavy atom. The number of benzene rings is 2. The van der Waals surface area contributed by atoms with Crippen molar-refractivity contribution in [2.45, 2.75) is 70.8 Å². The third kappa shape index (κ3) is 7.05. The minimum atomic E-state index is -1.28. The average molecular weight is 587 g/mol. The Morgan fingerprint density at radius 2 is 1.95 bits per heavy atom. The lowest BCUT2D eigenvalue weighted by Gasteiger charge is -2.40. The number of carboxylic acids is 1. The van der Waals surface area contributed by atoms with Crippen molar-refractivity contribution in [3.05, 3.63) is 88.3 Å². The summed E-state index contributed by atoms with van der Waals surface area (Å²) in [6, 6.07) is 18.3. The minimum absolute atomic E-state index is 0.0788. The van der Waals surface area contributed by atoms with E-state index in [1.54, 1.807) is 13.0 Å². The van der Waals surface area contributed by atoms with E-state index in [0.29, 0.717) is 37.0 Å². The predicted molar refractivity (Wildman–Crippen MR) is 165 cm³/mol. The highest BCUT2D eigenvalue weighted by Gasteiger charge is 2.34. The van der Waals surface area contributed by atoms with Gasteiger partial charge in [-0.05, 0) is 86.4 Å². The second-order valence-corrected chi connectivity index (χ2v) is 11.6. The Balaban J connectivity index is 1.30. The number of alkyl halides is 1. The molecule has 1 aromatic heterocycles. The number of hydrogen-bond acceptors (Lipinski definition) is 7. The van der Waals surface area contributed by atoms with Gasteiger partial charge in [0.05, 0.1) is 12.8 Å². The Bertz CT molecular complexity index is 1530. The molecule has 1 saturated carbocycles. The van der Waals surface area contributed by atoms with Crippen LogP contribution in [-0.2, 0) is 29.1 Å². The fourth-order valence-corrected chi connectivity index (χ4v) is 6.02. The predicted octanol–water partition coefficient (Wildman–Crippen LogP) is 6.67. The fourth-order valence-electron chi connectivity index (χ4n) is 6.02. The van der Waals surface area contributed by atoms with Crippen LogP contribution < -0.4 is 10.1 Å². The van der Waals surface area contributed by atoms with E-state index >= 15 is 0 Å². The first kappa shape index (κ1) is 30.2. The van der Waals surface area contributed by atoms with Gasteiger partial charge < -0.3 is 25.3 Å². The molecule has 3 aromatic rings. The van der Waals surface area contributed by atoms with E-state index in [2.05, 4.69) is 33.4 Å². The van der Waals surface area contributed by atoms with Gasteiger partial charge >= 0.3 is 5.97 Å². The molecule has 8 nitrogen and oxygen atoms in total. The number of para-hydroxylation sites is 1. The SMILES string of the molecule is CO/C(Nc1cccc(-c2cccc(C)c2OCc2ccc3c(c2)CCN(C2CCC(C)(F)CC2)C3)n1)=C(/C=N)C(=O)O. The van der Waals surface area contributed by atoms with Crippen LogP contribution in [0.3, 0.4) is 0 Å². The van der Waals surface area contributed by atoms with E-state index in [-0.39, 0.29) is 11.5 Å². The molecule has 2 aliphatic rings. The number of halogens is 1. The third-order valence-electron chi connectivity index (χ3n) is 8.51. The number of nitrogens with zero attached hydrogens (tertiary/aromatic N) is 2. The first-order valence-electron chi connectivity index (χ1n) is 14.7. The van der Waals surface area contributed by atoms with E-state index in [1.165, 1.54) is 18.2 Å². The van der Waals surface area contributed by atoms with Crippen molar-refractivity contribution in [3.63, 3.8) is 0 Å². The molecule has 0 unspecified atom stereocenters. The summed E-state index contributed by atoms with van der Waals surface area (Å²) in [6.07, 6.45) is 4.86. The monoisotopic (exact) mass is 586 g/mol. The zero-order valence-corrected chi connectivity index (χ0v) is 25.0. The van der Waals surface area contributed by atoms with Crippen LogP contribution in [0.5, 0.6) is 5.75 Å². The summed E-state index contributed by atoms with van der Waals surface area (Å²) in [7, 11) is 1.33. The quantitative estimate of drug-likeness (QED) is 0.138. The van der Waals surface area contributed by atoms with Crippen LogP contribution in [0.1, 0.15) is 54.9 Å². The van der Waals surface area contributed by atoms with E-state index in [9.17, 15) is 14.3 Å². The Morgan fingerprint density at radius 3 is 2.67 bits per heavy atom. The van der Waals surface area contributed by atoms with Gasteiger partial charge in [-0.25, -0.2) is 14.2 Å². The lowest BCUT2D eigenvalue weighted by atomic mass is 9.83. The number of carboxylic acid groups (broad SMARTS) is 1. The second kappa shape index (κ2) is 13.0. The van der Waals surface area contributed by atoms with Crippen LogP contribution in [-0.4, -0.2) is 52.5 Å². The number of rotatable bonds is 10. The summed E-state index contributed by atoms with van der Waals surface area (Å²) in [5.74, 6) is -0.260. The van der Waals surface area contributed by atoms with Crippen molar-refractivity contribution in [2.24, 2.45) is 0 Å². The molecular formula is C34H39FN4O4. The van der Waals surface area contributed by atoms with Crippen molar-refractivity contribution >= 4 is 18.0 Å². The van der Waals surface area contributed by atoms with E-state index < -0.39 is 11.6 Å². The smallest absolute Gasteiger partial charge is 0.342 e. The van der Waals surface area contributed by atoms with Crippen molar-refractivity contribution in [2.75, 3.05) is 19.0 Å². The minimum Gasteiger partial charge on any atom is -0.488 e. The molecule has 5 rings (SSSR count). The summed E-state index contributed by atoms with van der Waals surface area (Å²) in [4.78, 5) is 18.7. The standard InChI is InChI=1S/C34H39FN4O4/c1-22-6-4-7-27(29-8-5-9-30(37-29)38-32(42-3)28(19-36)33(40)41)31(22)43-21-23-10-11-25-20-39(17-14-24(25)18-23)26-12-15-34(2,35)16-13-26/h4-11,18-19,26,36H,12-17,20-21H2,1-3H3,(H,37,38)(H,40,41)/b32-28-,36-19?.